The number of rotatable bonds is 13. The van der Waals surface area contributed by atoms with Crippen LogP contribution in [-0.2, 0) is 35.2 Å². The van der Waals surface area contributed by atoms with Crippen molar-refractivity contribution in [2.24, 2.45) is 0 Å². The first kappa shape index (κ1) is 36.0. The van der Waals surface area contributed by atoms with Gasteiger partial charge in [0.25, 0.3) is 5.69 Å². The number of likely N-dealkylation sites (tertiary alicyclic amines) is 1. The molecule has 2 atom stereocenters. The van der Waals surface area contributed by atoms with Crippen molar-refractivity contribution in [3.63, 3.8) is 0 Å². The lowest BCUT2D eigenvalue weighted by Gasteiger charge is -2.29. The second-order valence-corrected chi connectivity index (χ2v) is 11.4. The maximum atomic E-state index is 13.3. The number of non-ortho nitro benzene ring substituents is 1. The van der Waals surface area contributed by atoms with Gasteiger partial charge in [0.15, 0.2) is 0 Å². The number of benzene rings is 2. The minimum atomic E-state index is -1.25. The number of nitro groups is 1. The van der Waals surface area contributed by atoms with Crippen molar-refractivity contribution >= 4 is 35.8 Å². The smallest absolute Gasteiger partial charge is 0.461 e. The number of nitrogens with one attached hydrogen (secondary N) is 1. The molecule has 2 aromatic carbocycles. The minimum Gasteiger partial charge on any atom is -0.461 e. The quantitative estimate of drug-likeness (QED) is 0.0601. The fourth-order valence-electron chi connectivity index (χ4n) is 4.33. The van der Waals surface area contributed by atoms with E-state index in [0.717, 1.165) is 0 Å². The first-order valence-corrected chi connectivity index (χ1v) is 14.7. The zero-order chi connectivity index (χ0) is 34.6. The van der Waals surface area contributed by atoms with Crippen molar-refractivity contribution in [3.05, 3.63) is 76.9 Å². The third-order valence-electron chi connectivity index (χ3n) is 6.53. The second-order valence-electron chi connectivity index (χ2n) is 11.4. The van der Waals surface area contributed by atoms with Gasteiger partial charge >= 0.3 is 24.2 Å². The van der Waals surface area contributed by atoms with Gasteiger partial charge in [0, 0.05) is 25.1 Å². The van der Waals surface area contributed by atoms with Gasteiger partial charge < -0.3 is 29.0 Å². The van der Waals surface area contributed by atoms with E-state index in [9.17, 15) is 34.1 Å². The van der Waals surface area contributed by atoms with Gasteiger partial charge in [0.2, 0.25) is 5.91 Å². The highest BCUT2D eigenvalue weighted by Crippen LogP contribution is 2.22. The second kappa shape index (κ2) is 16.7. The summed E-state index contributed by atoms with van der Waals surface area (Å²) in [7, 11) is 0. The number of ether oxygens (including phenoxy) is 5. The Morgan fingerprint density at radius 3 is 2.28 bits per heavy atom. The molecule has 1 saturated heterocycles. The molecule has 1 fully saturated rings. The number of hydrogen-bond donors (Lipinski definition) is 1. The standard InChI is InChI=1S/C32H37N3O12/c1-5-19-43-27(36)17-16-25(33-28(37)26-7-6-18-34(26)30(39)47-32(2,3)4)29(38)45-23-12-8-21(9-13-23)20-44-31(40)46-24-14-10-22(11-15-24)35(41)42/h5,8-15,25-26H,1,6-7,16-20H2,2-4H3,(H,33,37). The Balaban J connectivity index is 1.60. The average molecular weight is 656 g/mol. The number of esters is 2. The monoisotopic (exact) mass is 655 g/mol. The van der Waals surface area contributed by atoms with E-state index in [1.807, 2.05) is 0 Å². The van der Waals surface area contributed by atoms with E-state index in [1.54, 1.807) is 20.8 Å². The van der Waals surface area contributed by atoms with E-state index in [2.05, 4.69) is 11.9 Å². The molecule has 0 saturated carbocycles. The van der Waals surface area contributed by atoms with Crippen LogP contribution < -0.4 is 14.8 Å². The van der Waals surface area contributed by atoms with Gasteiger partial charge in [0.05, 0.1) is 4.92 Å². The summed E-state index contributed by atoms with van der Waals surface area (Å²) in [4.78, 5) is 74.7. The average Bonchev–Trinajstić information content (AvgIpc) is 3.52. The van der Waals surface area contributed by atoms with E-state index in [4.69, 9.17) is 23.7 Å². The molecular formula is C32H37N3O12. The summed E-state index contributed by atoms with van der Waals surface area (Å²) in [6.45, 7) is 8.72. The van der Waals surface area contributed by atoms with Gasteiger partial charge in [0.1, 0.15) is 42.4 Å². The molecular weight excluding hydrogens is 618 g/mol. The summed E-state index contributed by atoms with van der Waals surface area (Å²) in [5.41, 5.74) is -0.410. The van der Waals surface area contributed by atoms with Crippen LogP contribution in [0.15, 0.2) is 61.2 Å². The predicted molar refractivity (Wildman–Crippen MR) is 164 cm³/mol. The molecule has 1 aliphatic heterocycles. The van der Waals surface area contributed by atoms with Crippen LogP contribution in [0.2, 0.25) is 0 Å². The van der Waals surface area contributed by atoms with Crippen LogP contribution in [0.25, 0.3) is 0 Å². The highest BCUT2D eigenvalue weighted by Gasteiger charge is 2.38. The van der Waals surface area contributed by atoms with E-state index >= 15 is 0 Å². The number of carbonyl (C=O) groups is 5. The molecule has 2 aromatic rings. The Morgan fingerprint density at radius 2 is 1.66 bits per heavy atom. The zero-order valence-electron chi connectivity index (χ0n) is 26.3. The van der Waals surface area contributed by atoms with Gasteiger partial charge in [-0.25, -0.2) is 14.4 Å². The van der Waals surface area contributed by atoms with E-state index in [1.165, 1.54) is 59.5 Å². The highest BCUT2D eigenvalue weighted by atomic mass is 16.7. The van der Waals surface area contributed by atoms with Crippen LogP contribution >= 0.6 is 0 Å². The SMILES string of the molecule is C=CCOC(=O)CCC(NC(=O)C1CCCN1C(=O)OC(C)(C)C)C(=O)Oc1ccc(COC(=O)Oc2ccc([N+](=O)[O-])cc2)cc1. The van der Waals surface area contributed by atoms with Gasteiger partial charge in [-0.1, -0.05) is 24.8 Å². The molecule has 252 valence electrons. The maximum absolute atomic E-state index is 13.3. The molecule has 1 N–H and O–H groups in total. The summed E-state index contributed by atoms with van der Waals surface area (Å²) in [5, 5.41) is 13.4. The lowest BCUT2D eigenvalue weighted by atomic mass is 10.1. The molecule has 3 rings (SSSR count). The lowest BCUT2D eigenvalue weighted by molar-refractivity contribution is -0.384. The summed E-state index contributed by atoms with van der Waals surface area (Å²) in [6, 6.07) is 8.68. The first-order valence-electron chi connectivity index (χ1n) is 14.7. The molecule has 1 heterocycles. The Kier molecular flexibility index (Phi) is 12.8. The van der Waals surface area contributed by atoms with Crippen molar-refractivity contribution in [1.29, 1.82) is 0 Å². The molecule has 47 heavy (non-hydrogen) atoms. The molecule has 2 unspecified atom stereocenters. The molecule has 1 aliphatic rings. The molecule has 0 bridgehead atoms. The van der Waals surface area contributed by atoms with E-state index in [0.29, 0.717) is 24.9 Å². The first-order chi connectivity index (χ1) is 22.3. The van der Waals surface area contributed by atoms with Crippen LogP contribution in [0, 0.1) is 10.1 Å². The molecule has 2 amide bonds. The topological polar surface area (TPSA) is 190 Å². The van der Waals surface area contributed by atoms with Gasteiger partial charge in [-0.2, -0.15) is 0 Å². The Morgan fingerprint density at radius 1 is 1.02 bits per heavy atom. The Labute approximate surface area is 270 Å². The molecule has 15 nitrogen and oxygen atoms in total. The van der Waals surface area contributed by atoms with Crippen molar-refractivity contribution in [1.82, 2.24) is 10.2 Å². The summed E-state index contributed by atoms with van der Waals surface area (Å²) >= 11 is 0. The number of carbonyl (C=O) groups excluding carboxylic acids is 5. The van der Waals surface area contributed by atoms with Crippen LogP contribution in [0.5, 0.6) is 11.5 Å². The maximum Gasteiger partial charge on any atom is 0.514 e. The van der Waals surface area contributed by atoms with Crippen molar-refractivity contribution in [2.75, 3.05) is 13.2 Å². The van der Waals surface area contributed by atoms with Gasteiger partial charge in [-0.15, -0.1) is 0 Å². The van der Waals surface area contributed by atoms with Crippen LogP contribution in [0.3, 0.4) is 0 Å². The molecule has 15 heteroatoms. The fourth-order valence-corrected chi connectivity index (χ4v) is 4.33. The molecule has 0 aliphatic carbocycles. The number of amides is 2. The zero-order valence-corrected chi connectivity index (χ0v) is 26.3. The molecule has 0 aromatic heterocycles. The molecule has 0 radical (unpaired) electrons. The van der Waals surface area contributed by atoms with Crippen LogP contribution in [0.1, 0.15) is 52.0 Å². The number of nitro benzene ring substituents is 1. The third kappa shape index (κ3) is 11.8. The van der Waals surface area contributed by atoms with E-state index in [-0.39, 0.29) is 43.2 Å². The normalized spacial score (nSPS) is 14.7. The number of nitrogens with zero attached hydrogens (tertiary/aromatic N) is 2. The summed E-state index contributed by atoms with van der Waals surface area (Å²) in [5.74, 6) is -1.89. The summed E-state index contributed by atoms with van der Waals surface area (Å²) < 4.78 is 25.9. The Hall–Kier alpha value is -5.47. The van der Waals surface area contributed by atoms with Crippen molar-refractivity contribution < 1.29 is 52.6 Å². The highest BCUT2D eigenvalue weighted by molar-refractivity contribution is 5.90. The van der Waals surface area contributed by atoms with Crippen molar-refractivity contribution in [3.8, 4) is 11.5 Å². The summed E-state index contributed by atoms with van der Waals surface area (Å²) in [6.07, 6.45) is 0.291. The minimum absolute atomic E-state index is 0.0158. The lowest BCUT2D eigenvalue weighted by Crippen LogP contribution is -2.52. The predicted octanol–water partition coefficient (Wildman–Crippen LogP) is 4.61. The van der Waals surface area contributed by atoms with Crippen molar-refractivity contribution in [2.45, 2.75) is 70.7 Å². The Bertz CT molecular complexity index is 1450. The van der Waals surface area contributed by atoms with Gasteiger partial charge in [-0.3, -0.25) is 24.6 Å². The largest absolute Gasteiger partial charge is 0.514 e. The van der Waals surface area contributed by atoms with Crippen LogP contribution in [-0.4, -0.2) is 70.8 Å². The van der Waals surface area contributed by atoms with Gasteiger partial charge in [-0.05, 0) is 69.9 Å². The van der Waals surface area contributed by atoms with E-state index < -0.39 is 52.7 Å². The number of hydrogen-bond acceptors (Lipinski definition) is 12. The molecule has 0 spiro atoms. The fraction of sp³-hybridized carbons (Fsp3) is 0.406. The third-order valence-corrected chi connectivity index (χ3v) is 6.53. The van der Waals surface area contributed by atoms with Crippen LogP contribution in [0.4, 0.5) is 15.3 Å².